The van der Waals surface area contributed by atoms with Crippen molar-refractivity contribution in [3.8, 4) is 0 Å². The van der Waals surface area contributed by atoms with E-state index in [0.29, 0.717) is 0 Å². The third-order valence-electron chi connectivity index (χ3n) is 6.06. The van der Waals surface area contributed by atoms with Crippen molar-refractivity contribution in [2.24, 2.45) is 0 Å². The average Bonchev–Trinajstić information content (AvgIpc) is 2.46. The number of halogens is 1. The van der Waals surface area contributed by atoms with Crippen molar-refractivity contribution in [3.63, 3.8) is 0 Å². The molecule has 0 bridgehead atoms. The summed E-state index contributed by atoms with van der Waals surface area (Å²) in [7, 11) is -1.29. The van der Waals surface area contributed by atoms with E-state index >= 15 is 0 Å². The zero-order chi connectivity index (χ0) is 17.3. The maximum atomic E-state index is 13.5. The minimum atomic E-state index is -1.29. The standard InChI is InChI=1S/C19H29FNOP.Y/c1-6-23(7-2,8-3)19(10-9-11-19)18(22)21-17-14(4)12-16(20)13-15(17)5;/h12-13H,6-11H2,1-5H3;/p+1. The summed E-state index contributed by atoms with van der Waals surface area (Å²) < 4.78 is 13.5. The molecule has 1 aliphatic rings. The molecule has 1 aromatic carbocycles. The molecule has 1 N–H and O–H groups in total. The van der Waals surface area contributed by atoms with E-state index in [2.05, 4.69) is 26.1 Å². The topological polar surface area (TPSA) is 29.1 Å². The first kappa shape index (κ1) is 22.2. The van der Waals surface area contributed by atoms with Gasteiger partial charge in [-0.05, 0) is 77.1 Å². The molecule has 1 fully saturated rings. The number of amides is 1. The first-order valence-corrected chi connectivity index (χ1v) is 11.1. The zero-order valence-corrected chi connectivity index (χ0v) is 19.4. The van der Waals surface area contributed by atoms with Crippen LogP contribution in [0.3, 0.4) is 0 Å². The van der Waals surface area contributed by atoms with Crippen molar-refractivity contribution in [2.45, 2.75) is 59.0 Å². The summed E-state index contributed by atoms with van der Waals surface area (Å²) >= 11 is 0. The van der Waals surface area contributed by atoms with E-state index in [9.17, 15) is 9.18 Å². The monoisotopic (exact) mass is 427 g/mol. The van der Waals surface area contributed by atoms with Crippen LogP contribution >= 0.6 is 7.26 Å². The van der Waals surface area contributed by atoms with Crippen LogP contribution in [0, 0.1) is 19.7 Å². The fourth-order valence-corrected chi connectivity index (χ4v) is 9.25. The molecular formula is C19H30FNOPY+. The largest absolute Gasteiger partial charge is 0.322 e. The van der Waals surface area contributed by atoms with Crippen molar-refractivity contribution < 1.29 is 41.9 Å². The number of benzene rings is 1. The number of carbonyl (C=O) groups excluding carboxylic acids is 1. The Bertz CT molecular complexity index is 566. The smallest absolute Gasteiger partial charge is 0.268 e. The van der Waals surface area contributed by atoms with E-state index in [-0.39, 0.29) is 49.6 Å². The molecule has 2 rings (SSSR count). The van der Waals surface area contributed by atoms with Gasteiger partial charge in [-0.15, -0.1) is 0 Å². The van der Waals surface area contributed by atoms with Gasteiger partial charge in [0.15, 0.2) is 5.16 Å². The van der Waals surface area contributed by atoms with Gasteiger partial charge in [0, 0.05) is 45.7 Å². The fourth-order valence-electron chi connectivity index (χ4n) is 4.35. The van der Waals surface area contributed by atoms with Gasteiger partial charge in [-0.25, -0.2) is 4.39 Å². The molecule has 2 nitrogen and oxygen atoms in total. The molecular weight excluding hydrogens is 397 g/mol. The predicted octanol–water partition coefficient (Wildman–Crippen LogP) is 5.38. The van der Waals surface area contributed by atoms with E-state index in [4.69, 9.17) is 0 Å². The first-order chi connectivity index (χ1) is 10.9. The van der Waals surface area contributed by atoms with Crippen LogP contribution in [0.5, 0.6) is 0 Å². The van der Waals surface area contributed by atoms with Crippen molar-refractivity contribution in [1.29, 1.82) is 0 Å². The summed E-state index contributed by atoms with van der Waals surface area (Å²) in [5, 5.41) is 3.02. The molecule has 0 aromatic heterocycles. The molecule has 0 heterocycles. The second-order valence-corrected chi connectivity index (χ2v) is 11.9. The van der Waals surface area contributed by atoms with E-state index in [1.54, 1.807) is 0 Å². The maximum absolute atomic E-state index is 13.5. The molecule has 1 radical (unpaired) electrons. The van der Waals surface area contributed by atoms with Gasteiger partial charge in [-0.3, -0.25) is 4.79 Å². The number of aryl methyl sites for hydroxylation is 2. The van der Waals surface area contributed by atoms with Crippen LogP contribution in [0.2, 0.25) is 0 Å². The van der Waals surface area contributed by atoms with Gasteiger partial charge in [0.25, 0.3) is 5.91 Å². The Balaban J connectivity index is 0.00000288. The second kappa shape index (κ2) is 8.69. The van der Waals surface area contributed by atoms with E-state index in [1.165, 1.54) is 12.1 Å². The number of hydrogen-bond donors (Lipinski definition) is 1. The van der Waals surface area contributed by atoms with Crippen LogP contribution in [-0.2, 0) is 37.5 Å². The van der Waals surface area contributed by atoms with Crippen LogP contribution in [-0.4, -0.2) is 29.5 Å². The summed E-state index contributed by atoms with van der Waals surface area (Å²) in [5.41, 5.74) is 2.40. The molecule has 0 spiro atoms. The number of anilines is 1. The van der Waals surface area contributed by atoms with Gasteiger partial charge in [0.2, 0.25) is 0 Å². The van der Waals surface area contributed by atoms with Gasteiger partial charge in [0.05, 0.1) is 18.5 Å². The van der Waals surface area contributed by atoms with Gasteiger partial charge < -0.3 is 5.32 Å². The first-order valence-electron chi connectivity index (χ1n) is 8.80. The van der Waals surface area contributed by atoms with E-state index < -0.39 is 7.26 Å². The van der Waals surface area contributed by atoms with Crippen LogP contribution < -0.4 is 5.32 Å². The van der Waals surface area contributed by atoms with Crippen LogP contribution in [0.4, 0.5) is 10.1 Å². The number of hydrogen-bond acceptors (Lipinski definition) is 1. The Morgan fingerprint density at radius 1 is 1.12 bits per heavy atom. The Labute approximate surface area is 172 Å². The van der Waals surface area contributed by atoms with Crippen molar-refractivity contribution in [1.82, 2.24) is 0 Å². The second-order valence-electron chi connectivity index (χ2n) is 6.85. The summed E-state index contributed by atoms with van der Waals surface area (Å²) in [4.78, 5) is 13.3. The summed E-state index contributed by atoms with van der Waals surface area (Å²) in [6.07, 6.45) is 6.58. The van der Waals surface area contributed by atoms with E-state index in [1.807, 2.05) is 13.8 Å². The minimum absolute atomic E-state index is 0. The third kappa shape index (κ3) is 3.64. The summed E-state index contributed by atoms with van der Waals surface area (Å²) in [5.74, 6) is -0.0608. The van der Waals surface area contributed by atoms with Crippen molar-refractivity contribution in [3.05, 3.63) is 29.1 Å². The van der Waals surface area contributed by atoms with Crippen molar-refractivity contribution >= 4 is 18.9 Å². The quantitative estimate of drug-likeness (QED) is 0.607. The molecule has 1 aromatic rings. The maximum Gasteiger partial charge on any atom is 0.268 e. The summed E-state index contributed by atoms with van der Waals surface area (Å²) in [6.45, 7) is 10.5. The SMILES string of the molecule is CC[P+](CC)(CC)C1(C(=O)Nc2c(C)cc(F)cc2C)CCC1.[Y]. The molecule has 1 amide bonds. The van der Waals surface area contributed by atoms with Crippen LogP contribution in [0.1, 0.15) is 51.2 Å². The van der Waals surface area contributed by atoms with Gasteiger partial charge in [-0.2, -0.15) is 0 Å². The number of carbonyl (C=O) groups is 1. The normalized spacial score (nSPS) is 16.1. The number of nitrogens with one attached hydrogen (secondary N) is 1. The minimum Gasteiger partial charge on any atom is -0.322 e. The van der Waals surface area contributed by atoms with Gasteiger partial charge in [-0.1, -0.05) is 0 Å². The molecule has 0 unspecified atom stereocenters. The van der Waals surface area contributed by atoms with Crippen molar-refractivity contribution in [2.75, 3.05) is 23.8 Å². The Hall–Kier alpha value is 0.154. The fraction of sp³-hybridized carbons (Fsp3) is 0.632. The Morgan fingerprint density at radius 3 is 1.92 bits per heavy atom. The molecule has 1 saturated carbocycles. The molecule has 131 valence electrons. The van der Waals surface area contributed by atoms with E-state index in [0.717, 1.165) is 54.6 Å². The van der Waals surface area contributed by atoms with Gasteiger partial charge >= 0.3 is 0 Å². The third-order valence-corrected chi connectivity index (χ3v) is 12.2. The molecule has 5 heteroatoms. The predicted molar refractivity (Wildman–Crippen MR) is 99.6 cm³/mol. The zero-order valence-electron chi connectivity index (χ0n) is 15.7. The van der Waals surface area contributed by atoms with Crippen LogP contribution in [0.15, 0.2) is 12.1 Å². The Kier molecular flexibility index (Phi) is 8.04. The molecule has 0 saturated heterocycles. The van der Waals surface area contributed by atoms with Gasteiger partial charge in [0.1, 0.15) is 5.82 Å². The molecule has 0 atom stereocenters. The molecule has 24 heavy (non-hydrogen) atoms. The Morgan fingerprint density at radius 2 is 1.58 bits per heavy atom. The number of rotatable bonds is 6. The van der Waals surface area contributed by atoms with Crippen LogP contribution in [0.25, 0.3) is 0 Å². The summed E-state index contributed by atoms with van der Waals surface area (Å²) in [6, 6.07) is 3.00. The molecule has 1 aliphatic carbocycles. The average molecular weight is 427 g/mol. The molecule has 0 aliphatic heterocycles.